The standard InChI is InChI=1S/C33H31Cl4N3O4S/c1-2-18-38-33(42)30(19-23-10-5-3-6-11-23)39(21-24-16-17-25(34)20-28(24)36)31(41)22-40(29-15-9-14-27(35)32(29)37)45(43,44)26-12-7-4-8-13-26/h3-17,20,30H,2,18-19,21-22H2,1H3,(H,38,42). The minimum atomic E-state index is -4.33. The Morgan fingerprint density at radius 1 is 0.822 bits per heavy atom. The number of benzene rings is 4. The molecule has 0 aromatic heterocycles. The Balaban J connectivity index is 1.84. The minimum Gasteiger partial charge on any atom is -0.354 e. The fourth-order valence-electron chi connectivity index (χ4n) is 4.67. The fourth-order valence-corrected chi connectivity index (χ4v) is 7.03. The van der Waals surface area contributed by atoms with Gasteiger partial charge < -0.3 is 10.2 Å². The van der Waals surface area contributed by atoms with Gasteiger partial charge in [-0.25, -0.2) is 8.42 Å². The van der Waals surface area contributed by atoms with Gasteiger partial charge in [0.05, 0.1) is 20.6 Å². The molecule has 0 aliphatic heterocycles. The number of amides is 2. The van der Waals surface area contributed by atoms with Crippen LogP contribution in [0.15, 0.2) is 102 Å². The third kappa shape index (κ3) is 8.71. The van der Waals surface area contributed by atoms with Crippen molar-refractivity contribution in [3.05, 3.63) is 128 Å². The molecule has 4 aromatic rings. The second-order valence-corrected chi connectivity index (χ2v) is 13.6. The van der Waals surface area contributed by atoms with Gasteiger partial charge in [0.1, 0.15) is 12.6 Å². The Bertz CT molecular complexity index is 1740. The number of hydrogen-bond acceptors (Lipinski definition) is 4. The van der Waals surface area contributed by atoms with Gasteiger partial charge in [-0.15, -0.1) is 0 Å². The number of sulfonamides is 1. The van der Waals surface area contributed by atoms with Gasteiger partial charge in [0.25, 0.3) is 10.0 Å². The zero-order valence-electron chi connectivity index (χ0n) is 24.3. The maximum atomic E-state index is 14.5. The number of nitrogens with zero attached hydrogens (tertiary/aromatic N) is 2. The van der Waals surface area contributed by atoms with Crippen LogP contribution in [0.5, 0.6) is 0 Å². The van der Waals surface area contributed by atoms with E-state index in [9.17, 15) is 18.0 Å². The predicted molar refractivity (Wildman–Crippen MR) is 182 cm³/mol. The first kappa shape index (κ1) is 34.6. The van der Waals surface area contributed by atoms with Gasteiger partial charge in [-0.2, -0.15) is 0 Å². The second kappa shape index (κ2) is 15.8. The SMILES string of the molecule is CCCNC(=O)C(Cc1ccccc1)N(Cc1ccc(Cl)cc1Cl)C(=O)CN(c1cccc(Cl)c1Cl)S(=O)(=O)c1ccccc1. The highest BCUT2D eigenvalue weighted by Crippen LogP contribution is 2.36. The maximum absolute atomic E-state index is 14.5. The van der Waals surface area contributed by atoms with Crippen molar-refractivity contribution >= 4 is 73.9 Å². The summed E-state index contributed by atoms with van der Waals surface area (Å²) in [5.41, 5.74) is 1.34. The van der Waals surface area contributed by atoms with E-state index in [4.69, 9.17) is 46.4 Å². The van der Waals surface area contributed by atoms with Crippen molar-refractivity contribution in [1.29, 1.82) is 0 Å². The van der Waals surface area contributed by atoms with Crippen LogP contribution < -0.4 is 9.62 Å². The van der Waals surface area contributed by atoms with Gasteiger partial charge in [-0.1, -0.05) is 114 Å². The van der Waals surface area contributed by atoms with Gasteiger partial charge in [-0.05, 0) is 53.9 Å². The van der Waals surface area contributed by atoms with E-state index in [-0.39, 0.29) is 33.6 Å². The smallest absolute Gasteiger partial charge is 0.264 e. The molecule has 1 atom stereocenters. The van der Waals surface area contributed by atoms with Gasteiger partial charge >= 0.3 is 0 Å². The number of carbonyl (C=O) groups is 2. The lowest BCUT2D eigenvalue weighted by molar-refractivity contribution is -0.140. The number of carbonyl (C=O) groups excluding carboxylic acids is 2. The van der Waals surface area contributed by atoms with Crippen molar-refractivity contribution in [2.45, 2.75) is 37.2 Å². The number of nitrogens with one attached hydrogen (secondary N) is 1. The molecule has 4 aromatic carbocycles. The highest BCUT2D eigenvalue weighted by Gasteiger charge is 2.35. The number of hydrogen-bond donors (Lipinski definition) is 1. The summed E-state index contributed by atoms with van der Waals surface area (Å²) in [5.74, 6) is -1.05. The highest BCUT2D eigenvalue weighted by molar-refractivity contribution is 7.92. The molecular weight excluding hydrogens is 676 g/mol. The minimum absolute atomic E-state index is 0.0147. The fraction of sp³-hybridized carbons (Fsp3) is 0.212. The summed E-state index contributed by atoms with van der Waals surface area (Å²) in [6, 6.07) is 25.3. The van der Waals surface area contributed by atoms with E-state index >= 15 is 0 Å². The summed E-state index contributed by atoms with van der Waals surface area (Å²) < 4.78 is 29.1. The van der Waals surface area contributed by atoms with E-state index in [1.807, 2.05) is 37.3 Å². The molecule has 0 aliphatic rings. The summed E-state index contributed by atoms with van der Waals surface area (Å²) in [4.78, 5) is 29.5. The van der Waals surface area contributed by atoms with Crippen molar-refractivity contribution in [1.82, 2.24) is 10.2 Å². The summed E-state index contributed by atoms with van der Waals surface area (Å²) >= 11 is 25.5. The highest BCUT2D eigenvalue weighted by atomic mass is 35.5. The average molecular weight is 708 g/mol. The van der Waals surface area contributed by atoms with Crippen LogP contribution in [0.25, 0.3) is 0 Å². The Morgan fingerprint density at radius 3 is 2.13 bits per heavy atom. The molecule has 0 heterocycles. The van der Waals surface area contributed by atoms with Crippen LogP contribution in [0.1, 0.15) is 24.5 Å². The summed E-state index contributed by atoms with van der Waals surface area (Å²) in [6.07, 6.45) is 0.841. The largest absolute Gasteiger partial charge is 0.354 e. The molecule has 0 bridgehead atoms. The maximum Gasteiger partial charge on any atom is 0.264 e. The van der Waals surface area contributed by atoms with Gasteiger partial charge in [0.2, 0.25) is 11.8 Å². The number of anilines is 1. The topological polar surface area (TPSA) is 86.8 Å². The predicted octanol–water partition coefficient (Wildman–Crippen LogP) is 7.66. The molecule has 0 fully saturated rings. The molecule has 0 aliphatic carbocycles. The Morgan fingerprint density at radius 2 is 1.49 bits per heavy atom. The van der Waals surface area contributed by atoms with Crippen LogP contribution in [0, 0.1) is 0 Å². The van der Waals surface area contributed by atoms with Crippen LogP contribution in [0.4, 0.5) is 5.69 Å². The van der Waals surface area contributed by atoms with Crippen LogP contribution in [0.3, 0.4) is 0 Å². The molecule has 1 N–H and O–H groups in total. The van der Waals surface area contributed by atoms with Crippen molar-refractivity contribution in [3.8, 4) is 0 Å². The summed E-state index contributed by atoms with van der Waals surface area (Å²) in [6.45, 7) is 1.52. The first-order valence-corrected chi connectivity index (χ1v) is 17.0. The average Bonchev–Trinajstić information content (AvgIpc) is 3.03. The van der Waals surface area contributed by atoms with Gasteiger partial charge in [0.15, 0.2) is 0 Å². The Kier molecular flexibility index (Phi) is 12.2. The number of halogens is 4. The molecule has 236 valence electrons. The monoisotopic (exact) mass is 705 g/mol. The van der Waals surface area contributed by atoms with Crippen molar-refractivity contribution in [3.63, 3.8) is 0 Å². The van der Waals surface area contributed by atoms with Crippen LogP contribution >= 0.6 is 46.4 Å². The molecule has 0 spiro atoms. The van der Waals surface area contributed by atoms with Crippen molar-refractivity contribution in [2.24, 2.45) is 0 Å². The number of rotatable bonds is 13. The van der Waals surface area contributed by atoms with E-state index in [0.29, 0.717) is 28.6 Å². The molecule has 7 nitrogen and oxygen atoms in total. The van der Waals surface area contributed by atoms with Crippen LogP contribution in [0.2, 0.25) is 20.1 Å². The molecule has 0 saturated heterocycles. The summed E-state index contributed by atoms with van der Waals surface area (Å²) in [7, 11) is -4.33. The molecular formula is C33H31Cl4N3O4S. The Hall–Kier alpha value is -3.27. The van der Waals surface area contributed by atoms with E-state index in [1.54, 1.807) is 42.5 Å². The quantitative estimate of drug-likeness (QED) is 0.155. The lowest BCUT2D eigenvalue weighted by Gasteiger charge is -2.34. The lowest BCUT2D eigenvalue weighted by atomic mass is 10.0. The van der Waals surface area contributed by atoms with Gasteiger partial charge in [-0.3, -0.25) is 13.9 Å². The third-order valence-corrected chi connectivity index (χ3v) is 10.2. The van der Waals surface area contributed by atoms with E-state index in [2.05, 4.69) is 5.32 Å². The molecule has 2 amide bonds. The third-order valence-electron chi connectivity index (χ3n) is 6.99. The molecule has 45 heavy (non-hydrogen) atoms. The zero-order valence-corrected chi connectivity index (χ0v) is 28.1. The Labute approximate surface area is 283 Å². The second-order valence-electron chi connectivity index (χ2n) is 10.2. The van der Waals surface area contributed by atoms with Gasteiger partial charge in [0, 0.05) is 29.6 Å². The first-order chi connectivity index (χ1) is 21.5. The zero-order chi connectivity index (χ0) is 32.6. The molecule has 1 unspecified atom stereocenters. The normalized spacial score (nSPS) is 11.9. The van der Waals surface area contributed by atoms with Crippen molar-refractivity contribution in [2.75, 3.05) is 17.4 Å². The molecule has 0 radical (unpaired) electrons. The molecule has 0 saturated carbocycles. The van der Waals surface area contributed by atoms with E-state index in [0.717, 1.165) is 9.87 Å². The van der Waals surface area contributed by atoms with Crippen LogP contribution in [-0.4, -0.2) is 44.3 Å². The lowest BCUT2D eigenvalue weighted by Crippen LogP contribution is -2.53. The van der Waals surface area contributed by atoms with Crippen LogP contribution in [-0.2, 0) is 32.6 Å². The molecule has 4 rings (SSSR count). The molecule has 12 heteroatoms. The summed E-state index contributed by atoms with van der Waals surface area (Å²) in [5, 5.41) is 3.66. The van der Waals surface area contributed by atoms with E-state index in [1.165, 1.54) is 29.2 Å². The van der Waals surface area contributed by atoms with E-state index < -0.39 is 34.4 Å². The first-order valence-electron chi connectivity index (χ1n) is 14.1. The van der Waals surface area contributed by atoms with Crippen molar-refractivity contribution < 1.29 is 18.0 Å².